The Hall–Kier alpha value is -0.870. The molecule has 0 radical (unpaired) electrons. The minimum Gasteiger partial charge on any atom is -0.466 e. The Labute approximate surface area is 163 Å². The van der Waals surface area contributed by atoms with Crippen molar-refractivity contribution in [1.82, 2.24) is 6.15 Å². The number of carbonyl (C=O) groups excluding carboxylic acids is 1. The van der Waals surface area contributed by atoms with Crippen LogP contribution in [0.4, 0.5) is 0 Å². The largest absolute Gasteiger partial charge is 0.466 e. The highest BCUT2D eigenvalue weighted by Crippen LogP contribution is 2.10. The molecule has 0 fully saturated rings. The molecule has 0 heterocycles. The molecule has 158 valence electrons. The average molecular weight is 374 g/mol. The normalized spacial score (nSPS) is 10.4. The van der Waals surface area contributed by atoms with Crippen LogP contribution < -0.4 is 6.15 Å². The van der Waals surface area contributed by atoms with Crippen molar-refractivity contribution in [1.29, 1.82) is 0 Å². The topological polar surface area (TPSA) is 92.8 Å². The standard InChI is InChI=1S/C22H42O2.H3N.H2O/c1-3-5-7-8-9-10-11-12-13-14-15-16-17-18-19-20-22(23)24-21-6-4-2;;/h12-13H,3-11,14-21H2,1-2H3;1H3;1H2/b13-12-;;. The van der Waals surface area contributed by atoms with E-state index < -0.39 is 0 Å². The Morgan fingerprint density at radius 1 is 0.692 bits per heavy atom. The molecule has 4 heteroatoms. The molecule has 4 nitrogen and oxygen atoms in total. The van der Waals surface area contributed by atoms with Crippen molar-refractivity contribution < 1.29 is 15.0 Å². The summed E-state index contributed by atoms with van der Waals surface area (Å²) in [6.45, 7) is 4.98. The van der Waals surface area contributed by atoms with Crippen LogP contribution >= 0.6 is 0 Å². The second-order valence-corrected chi connectivity index (χ2v) is 6.91. The van der Waals surface area contributed by atoms with Gasteiger partial charge in [-0.1, -0.05) is 83.8 Å². The number of allylic oxidation sites excluding steroid dienone is 2. The van der Waals surface area contributed by atoms with E-state index in [2.05, 4.69) is 26.0 Å². The van der Waals surface area contributed by atoms with Crippen molar-refractivity contribution in [2.45, 2.75) is 117 Å². The van der Waals surface area contributed by atoms with Gasteiger partial charge in [-0.05, 0) is 38.5 Å². The van der Waals surface area contributed by atoms with E-state index >= 15 is 0 Å². The first-order valence-corrected chi connectivity index (χ1v) is 10.6. The van der Waals surface area contributed by atoms with Crippen molar-refractivity contribution in [3.05, 3.63) is 12.2 Å². The number of hydrogen-bond donors (Lipinski definition) is 1. The molecule has 0 aromatic rings. The number of ether oxygens (including phenoxy) is 1. The van der Waals surface area contributed by atoms with Crippen LogP contribution in [0.1, 0.15) is 117 Å². The SMILES string of the molecule is CCCCCCCC/C=C\CCCCCCCC(=O)OCCCC.N.O. The van der Waals surface area contributed by atoms with Gasteiger partial charge in [0.05, 0.1) is 6.61 Å². The average Bonchev–Trinajstić information content (AvgIpc) is 2.58. The van der Waals surface area contributed by atoms with Gasteiger partial charge in [0, 0.05) is 6.42 Å². The predicted octanol–water partition coefficient (Wildman–Crippen LogP) is 6.70. The second-order valence-electron chi connectivity index (χ2n) is 6.91. The van der Waals surface area contributed by atoms with Crippen LogP contribution in [0, 0.1) is 0 Å². The van der Waals surface area contributed by atoms with Crippen molar-refractivity contribution >= 4 is 5.97 Å². The lowest BCUT2D eigenvalue weighted by molar-refractivity contribution is -0.143. The summed E-state index contributed by atoms with van der Waals surface area (Å²) in [5.74, 6) is -0.0129. The molecular formula is C22H47NO3. The van der Waals surface area contributed by atoms with Gasteiger partial charge >= 0.3 is 5.97 Å². The molecule has 0 atom stereocenters. The van der Waals surface area contributed by atoms with E-state index in [9.17, 15) is 4.79 Å². The first-order valence-electron chi connectivity index (χ1n) is 10.6. The highest BCUT2D eigenvalue weighted by Gasteiger charge is 2.01. The molecule has 5 N–H and O–H groups in total. The summed E-state index contributed by atoms with van der Waals surface area (Å²) in [5.41, 5.74) is 0. The highest BCUT2D eigenvalue weighted by atomic mass is 16.5. The Bertz CT molecular complexity index is 293. The third-order valence-electron chi connectivity index (χ3n) is 4.40. The smallest absolute Gasteiger partial charge is 0.305 e. The molecule has 0 aliphatic rings. The predicted molar refractivity (Wildman–Crippen MR) is 114 cm³/mol. The molecule has 0 rings (SSSR count). The first-order chi connectivity index (χ1) is 11.8. The van der Waals surface area contributed by atoms with Gasteiger partial charge in [0.25, 0.3) is 0 Å². The van der Waals surface area contributed by atoms with Crippen LogP contribution in [0.5, 0.6) is 0 Å². The van der Waals surface area contributed by atoms with Crippen LogP contribution in [0.3, 0.4) is 0 Å². The lowest BCUT2D eigenvalue weighted by atomic mass is 10.1. The fraction of sp³-hybridized carbons (Fsp3) is 0.864. The fourth-order valence-electron chi connectivity index (χ4n) is 2.74. The van der Waals surface area contributed by atoms with Gasteiger partial charge in [-0.3, -0.25) is 4.79 Å². The van der Waals surface area contributed by atoms with E-state index in [-0.39, 0.29) is 17.6 Å². The Morgan fingerprint density at radius 3 is 1.69 bits per heavy atom. The highest BCUT2D eigenvalue weighted by molar-refractivity contribution is 5.69. The zero-order valence-corrected chi connectivity index (χ0v) is 17.7. The number of esters is 1. The lowest BCUT2D eigenvalue weighted by Gasteiger charge is -2.03. The van der Waals surface area contributed by atoms with Gasteiger partial charge in [-0.15, -0.1) is 0 Å². The minimum atomic E-state index is -0.0129. The van der Waals surface area contributed by atoms with Gasteiger partial charge in [-0.25, -0.2) is 0 Å². The summed E-state index contributed by atoms with van der Waals surface area (Å²) in [6.07, 6.45) is 24.1. The van der Waals surface area contributed by atoms with Crippen LogP contribution in [0.15, 0.2) is 12.2 Å². The molecule has 0 unspecified atom stereocenters. The molecule has 0 aliphatic heterocycles. The maximum atomic E-state index is 11.4. The third kappa shape index (κ3) is 25.4. The van der Waals surface area contributed by atoms with Gasteiger partial charge in [-0.2, -0.15) is 0 Å². The van der Waals surface area contributed by atoms with Crippen molar-refractivity contribution in [2.75, 3.05) is 6.61 Å². The molecular weight excluding hydrogens is 326 g/mol. The molecule has 0 amide bonds. The van der Waals surface area contributed by atoms with Crippen LogP contribution in [-0.2, 0) is 9.53 Å². The first kappa shape index (κ1) is 29.9. The number of unbranched alkanes of at least 4 members (excludes halogenated alkanes) is 12. The Kier molecular flexibility index (Phi) is 30.3. The zero-order chi connectivity index (χ0) is 17.7. The van der Waals surface area contributed by atoms with Crippen LogP contribution in [-0.4, -0.2) is 18.1 Å². The van der Waals surface area contributed by atoms with E-state index in [1.807, 2.05) is 0 Å². The van der Waals surface area contributed by atoms with Crippen molar-refractivity contribution in [3.8, 4) is 0 Å². The lowest BCUT2D eigenvalue weighted by Crippen LogP contribution is -2.05. The molecule has 0 aliphatic carbocycles. The summed E-state index contributed by atoms with van der Waals surface area (Å²) in [6, 6.07) is 0. The molecule has 26 heavy (non-hydrogen) atoms. The van der Waals surface area contributed by atoms with Crippen molar-refractivity contribution in [3.63, 3.8) is 0 Å². The maximum Gasteiger partial charge on any atom is 0.305 e. The number of hydrogen-bond acceptors (Lipinski definition) is 3. The van der Waals surface area contributed by atoms with E-state index in [1.165, 1.54) is 70.6 Å². The van der Waals surface area contributed by atoms with E-state index in [0.717, 1.165) is 25.7 Å². The van der Waals surface area contributed by atoms with Crippen molar-refractivity contribution in [2.24, 2.45) is 0 Å². The van der Waals surface area contributed by atoms with E-state index in [4.69, 9.17) is 4.74 Å². The molecule has 0 saturated carbocycles. The Morgan fingerprint density at radius 2 is 1.15 bits per heavy atom. The summed E-state index contributed by atoms with van der Waals surface area (Å²) in [7, 11) is 0. The number of carbonyl (C=O) groups is 1. The van der Waals surface area contributed by atoms with Gasteiger partial charge < -0.3 is 16.4 Å². The summed E-state index contributed by atoms with van der Waals surface area (Å²) in [4.78, 5) is 11.4. The molecule has 0 spiro atoms. The summed E-state index contributed by atoms with van der Waals surface area (Å²) in [5, 5.41) is 0. The van der Waals surface area contributed by atoms with Gasteiger partial charge in [0.2, 0.25) is 0 Å². The molecule has 0 aromatic carbocycles. The molecule has 0 saturated heterocycles. The van der Waals surface area contributed by atoms with Crippen LogP contribution in [0.2, 0.25) is 0 Å². The second kappa shape index (κ2) is 26.4. The monoisotopic (exact) mass is 373 g/mol. The third-order valence-corrected chi connectivity index (χ3v) is 4.40. The molecule has 0 aromatic heterocycles. The van der Waals surface area contributed by atoms with E-state index in [0.29, 0.717) is 13.0 Å². The zero-order valence-electron chi connectivity index (χ0n) is 17.7. The minimum absolute atomic E-state index is 0. The van der Waals surface area contributed by atoms with Crippen LogP contribution in [0.25, 0.3) is 0 Å². The van der Waals surface area contributed by atoms with Gasteiger partial charge in [0.15, 0.2) is 0 Å². The molecule has 0 bridgehead atoms. The summed E-state index contributed by atoms with van der Waals surface area (Å²) >= 11 is 0. The quantitative estimate of drug-likeness (QED) is 0.164. The summed E-state index contributed by atoms with van der Waals surface area (Å²) < 4.78 is 5.15. The number of rotatable bonds is 18. The maximum absolute atomic E-state index is 11.4. The van der Waals surface area contributed by atoms with E-state index in [1.54, 1.807) is 0 Å². The Balaban J connectivity index is -0.00000264. The fourth-order valence-corrected chi connectivity index (χ4v) is 2.74. The van der Waals surface area contributed by atoms with Gasteiger partial charge in [0.1, 0.15) is 0 Å².